The van der Waals surface area contributed by atoms with E-state index >= 15 is 0 Å². The van der Waals surface area contributed by atoms with Gasteiger partial charge in [-0.15, -0.1) is 0 Å². The number of ether oxygens (including phenoxy) is 1. The zero-order chi connectivity index (χ0) is 19.9. The minimum absolute atomic E-state index is 0.0418. The van der Waals surface area contributed by atoms with Gasteiger partial charge in [0.25, 0.3) is 0 Å². The SMILES string of the molecule is CCC1Oc2c(CC=C(C)C)c(O)c(C(O)C(C)CC)c3oc(=O)cc1c23. The molecule has 1 aliphatic heterocycles. The average Bonchev–Trinajstić information content (AvgIpc) is 2.99. The van der Waals surface area contributed by atoms with E-state index in [0.29, 0.717) is 35.1 Å². The van der Waals surface area contributed by atoms with Crippen molar-refractivity contribution < 1.29 is 19.4 Å². The molecule has 1 aromatic heterocycles. The van der Waals surface area contributed by atoms with Crippen LogP contribution in [0.2, 0.25) is 0 Å². The Bertz CT molecular complexity index is 950. The van der Waals surface area contributed by atoms with Crippen LogP contribution < -0.4 is 10.4 Å². The van der Waals surface area contributed by atoms with Crippen molar-refractivity contribution in [1.29, 1.82) is 0 Å². The summed E-state index contributed by atoms with van der Waals surface area (Å²) in [6.07, 6.45) is 2.72. The molecule has 0 bridgehead atoms. The van der Waals surface area contributed by atoms with E-state index in [1.807, 2.05) is 40.7 Å². The van der Waals surface area contributed by atoms with E-state index in [1.54, 1.807) is 0 Å². The van der Waals surface area contributed by atoms with Gasteiger partial charge < -0.3 is 19.4 Å². The van der Waals surface area contributed by atoms with E-state index in [2.05, 4.69) is 0 Å². The van der Waals surface area contributed by atoms with Gasteiger partial charge in [0.15, 0.2) is 5.58 Å². The molecule has 27 heavy (non-hydrogen) atoms. The predicted octanol–water partition coefficient (Wildman–Crippen LogP) is 4.93. The quantitative estimate of drug-likeness (QED) is 0.555. The third kappa shape index (κ3) is 3.25. The number of aliphatic hydroxyl groups excluding tert-OH is 1. The first-order valence-corrected chi connectivity index (χ1v) is 9.63. The molecule has 3 rings (SSSR count). The fourth-order valence-electron chi connectivity index (χ4n) is 3.63. The summed E-state index contributed by atoms with van der Waals surface area (Å²) < 4.78 is 11.6. The molecular weight excluding hydrogens is 344 g/mol. The van der Waals surface area contributed by atoms with E-state index in [4.69, 9.17) is 9.15 Å². The van der Waals surface area contributed by atoms with Crippen LogP contribution in [0.25, 0.3) is 11.0 Å². The molecule has 0 spiro atoms. The molecule has 3 atom stereocenters. The highest BCUT2D eigenvalue weighted by molar-refractivity contribution is 5.95. The van der Waals surface area contributed by atoms with Crippen LogP contribution in [0.4, 0.5) is 0 Å². The Hall–Kier alpha value is -2.27. The first-order chi connectivity index (χ1) is 12.8. The van der Waals surface area contributed by atoms with Gasteiger partial charge in [0, 0.05) is 17.2 Å². The van der Waals surface area contributed by atoms with Crippen LogP contribution in [0, 0.1) is 5.92 Å². The summed E-state index contributed by atoms with van der Waals surface area (Å²) in [6.45, 7) is 9.86. The summed E-state index contributed by atoms with van der Waals surface area (Å²) in [4.78, 5) is 12.2. The predicted molar refractivity (Wildman–Crippen MR) is 105 cm³/mol. The lowest BCUT2D eigenvalue weighted by Gasteiger charge is -2.22. The molecule has 2 N–H and O–H groups in total. The number of hydrogen-bond donors (Lipinski definition) is 2. The number of aromatic hydroxyl groups is 1. The number of phenolic OH excluding ortho intramolecular Hbond substituents is 1. The van der Waals surface area contributed by atoms with Gasteiger partial charge in [0.2, 0.25) is 0 Å². The molecule has 2 heterocycles. The lowest BCUT2D eigenvalue weighted by molar-refractivity contribution is 0.113. The Labute approximate surface area is 159 Å². The second-order valence-electron chi connectivity index (χ2n) is 7.63. The summed E-state index contributed by atoms with van der Waals surface area (Å²) in [5.74, 6) is 0.421. The average molecular weight is 372 g/mol. The Balaban J connectivity index is 2.40. The molecule has 2 aromatic rings. The smallest absolute Gasteiger partial charge is 0.336 e. The van der Waals surface area contributed by atoms with E-state index in [9.17, 15) is 15.0 Å². The van der Waals surface area contributed by atoms with Crippen molar-refractivity contribution in [1.82, 2.24) is 0 Å². The van der Waals surface area contributed by atoms with Crippen molar-refractivity contribution in [2.24, 2.45) is 5.92 Å². The van der Waals surface area contributed by atoms with Crippen molar-refractivity contribution >= 4 is 11.0 Å². The van der Waals surface area contributed by atoms with E-state index in [0.717, 1.165) is 17.6 Å². The molecule has 0 saturated heterocycles. The highest BCUT2D eigenvalue weighted by Crippen LogP contribution is 2.51. The summed E-state index contributed by atoms with van der Waals surface area (Å²) in [5, 5.41) is 22.7. The van der Waals surface area contributed by atoms with Gasteiger partial charge in [-0.1, -0.05) is 38.8 Å². The number of hydrogen-bond acceptors (Lipinski definition) is 5. The van der Waals surface area contributed by atoms with Gasteiger partial charge in [-0.3, -0.25) is 0 Å². The summed E-state index contributed by atoms with van der Waals surface area (Å²) >= 11 is 0. The van der Waals surface area contributed by atoms with Gasteiger partial charge in [0.1, 0.15) is 17.6 Å². The van der Waals surface area contributed by atoms with Crippen molar-refractivity contribution in [2.45, 2.75) is 66.1 Å². The van der Waals surface area contributed by atoms with Gasteiger partial charge in [-0.2, -0.15) is 0 Å². The zero-order valence-electron chi connectivity index (χ0n) is 16.6. The Kier molecular flexibility index (Phi) is 5.33. The van der Waals surface area contributed by atoms with E-state index in [1.165, 1.54) is 6.07 Å². The van der Waals surface area contributed by atoms with Crippen molar-refractivity contribution in [3.05, 3.63) is 44.8 Å². The Morgan fingerprint density at radius 2 is 2.04 bits per heavy atom. The maximum atomic E-state index is 12.2. The van der Waals surface area contributed by atoms with Crippen LogP contribution in [-0.4, -0.2) is 10.2 Å². The zero-order valence-corrected chi connectivity index (χ0v) is 16.6. The number of allylic oxidation sites excluding steroid dienone is 2. The highest BCUT2D eigenvalue weighted by atomic mass is 16.5. The normalized spacial score (nSPS) is 17.6. The maximum Gasteiger partial charge on any atom is 0.336 e. The van der Waals surface area contributed by atoms with Crippen molar-refractivity contribution in [3.63, 3.8) is 0 Å². The number of phenols is 1. The summed E-state index contributed by atoms with van der Waals surface area (Å²) in [6, 6.07) is 1.47. The minimum Gasteiger partial charge on any atom is -0.507 e. The summed E-state index contributed by atoms with van der Waals surface area (Å²) in [5.41, 5.74) is 2.56. The number of benzene rings is 1. The standard InChI is InChI=1S/C22H28O5/c1-6-12(5)19(24)18-20(25)13(9-8-11(3)4)21-17-14(15(7-2)26-21)10-16(23)27-22(17)18/h8,10,12,15,19,24-25H,6-7,9H2,1-5H3. The van der Waals surface area contributed by atoms with Crippen molar-refractivity contribution in [2.75, 3.05) is 0 Å². The first kappa shape index (κ1) is 19.5. The molecule has 0 saturated carbocycles. The van der Waals surface area contributed by atoms with Crippen molar-refractivity contribution in [3.8, 4) is 11.5 Å². The lowest BCUT2D eigenvalue weighted by Crippen LogP contribution is -2.11. The first-order valence-electron chi connectivity index (χ1n) is 9.63. The molecule has 0 aliphatic carbocycles. The fraction of sp³-hybridized carbons (Fsp3) is 0.500. The Morgan fingerprint density at radius 1 is 1.33 bits per heavy atom. The van der Waals surface area contributed by atoms with Crippen LogP contribution in [0.15, 0.2) is 26.9 Å². The topological polar surface area (TPSA) is 79.9 Å². The molecule has 1 aromatic carbocycles. The largest absolute Gasteiger partial charge is 0.507 e. The number of aliphatic hydroxyl groups is 1. The second-order valence-corrected chi connectivity index (χ2v) is 7.63. The van der Waals surface area contributed by atoms with Crippen LogP contribution in [0.5, 0.6) is 11.5 Å². The minimum atomic E-state index is -0.937. The molecule has 0 radical (unpaired) electrons. The lowest BCUT2D eigenvalue weighted by atomic mass is 9.89. The monoisotopic (exact) mass is 372 g/mol. The highest BCUT2D eigenvalue weighted by Gasteiger charge is 2.35. The molecule has 5 heteroatoms. The van der Waals surface area contributed by atoms with Crippen LogP contribution in [-0.2, 0) is 6.42 Å². The summed E-state index contributed by atoms with van der Waals surface area (Å²) in [7, 11) is 0. The molecule has 146 valence electrons. The van der Waals surface area contributed by atoms with Gasteiger partial charge in [0.05, 0.1) is 17.1 Å². The van der Waals surface area contributed by atoms with E-state index < -0.39 is 11.7 Å². The van der Waals surface area contributed by atoms with E-state index in [-0.39, 0.29) is 23.4 Å². The third-order valence-electron chi connectivity index (χ3n) is 5.45. The van der Waals surface area contributed by atoms with Crippen LogP contribution >= 0.6 is 0 Å². The van der Waals surface area contributed by atoms with Crippen LogP contribution in [0.3, 0.4) is 0 Å². The molecule has 0 amide bonds. The van der Waals surface area contributed by atoms with Crippen LogP contribution in [0.1, 0.15) is 76.4 Å². The number of rotatable bonds is 6. The van der Waals surface area contributed by atoms with Gasteiger partial charge >= 0.3 is 5.63 Å². The third-order valence-corrected chi connectivity index (χ3v) is 5.45. The second kappa shape index (κ2) is 7.39. The fourth-order valence-corrected chi connectivity index (χ4v) is 3.63. The molecule has 0 fully saturated rings. The molecule has 1 aliphatic rings. The molecule has 5 nitrogen and oxygen atoms in total. The molecular formula is C22H28O5. The maximum absolute atomic E-state index is 12.2. The van der Waals surface area contributed by atoms with Gasteiger partial charge in [-0.05, 0) is 32.6 Å². The van der Waals surface area contributed by atoms with Gasteiger partial charge in [-0.25, -0.2) is 4.79 Å². The Morgan fingerprint density at radius 3 is 2.63 bits per heavy atom. The molecule has 3 unspecified atom stereocenters.